The average molecular weight is 335 g/mol. The maximum absolute atomic E-state index is 11.9. The number of hydrogen-bond acceptors (Lipinski definition) is 4. The van der Waals surface area contributed by atoms with E-state index in [9.17, 15) is 14.7 Å². The second kappa shape index (κ2) is 7.65. The van der Waals surface area contributed by atoms with Crippen LogP contribution in [0.5, 0.6) is 0 Å². The molecule has 0 bridgehead atoms. The van der Waals surface area contributed by atoms with Crippen LogP contribution in [0.15, 0.2) is 12.4 Å². The summed E-state index contributed by atoms with van der Waals surface area (Å²) in [6.07, 6.45) is 8.81. The minimum atomic E-state index is -0.327. The first-order valence-corrected chi connectivity index (χ1v) is 8.65. The molecule has 0 spiro atoms. The van der Waals surface area contributed by atoms with Crippen molar-refractivity contribution in [3.63, 3.8) is 0 Å². The Hall–Kier alpha value is -2.09. The van der Waals surface area contributed by atoms with E-state index < -0.39 is 0 Å². The van der Waals surface area contributed by atoms with Crippen LogP contribution in [0.3, 0.4) is 0 Å². The number of hydrogen-bond donors (Lipinski definition) is 4. The summed E-state index contributed by atoms with van der Waals surface area (Å²) in [6.45, 7) is 0.610. The van der Waals surface area contributed by atoms with Gasteiger partial charge >= 0.3 is 6.03 Å². The third-order valence-corrected chi connectivity index (χ3v) is 4.53. The van der Waals surface area contributed by atoms with Crippen molar-refractivity contribution >= 4 is 17.6 Å². The molecule has 0 radical (unpaired) electrons. The first kappa shape index (κ1) is 16.8. The summed E-state index contributed by atoms with van der Waals surface area (Å²) >= 11 is 0. The third kappa shape index (κ3) is 4.95. The second-order valence-corrected chi connectivity index (χ2v) is 6.72. The van der Waals surface area contributed by atoms with Gasteiger partial charge in [-0.3, -0.25) is 9.48 Å². The topological polar surface area (TPSA) is 108 Å². The number of rotatable bonds is 6. The number of nitrogens with zero attached hydrogens (tertiary/aromatic N) is 2. The van der Waals surface area contributed by atoms with Gasteiger partial charge < -0.3 is 21.1 Å². The molecule has 4 N–H and O–H groups in total. The van der Waals surface area contributed by atoms with Gasteiger partial charge in [0.05, 0.1) is 18.0 Å². The summed E-state index contributed by atoms with van der Waals surface area (Å²) in [5, 5.41) is 22.4. The normalized spacial score (nSPS) is 23.5. The minimum absolute atomic E-state index is 0.0668. The van der Waals surface area contributed by atoms with E-state index in [-0.39, 0.29) is 30.5 Å². The largest absolute Gasteiger partial charge is 0.393 e. The summed E-state index contributed by atoms with van der Waals surface area (Å²) in [7, 11) is 0. The first-order valence-electron chi connectivity index (χ1n) is 8.65. The summed E-state index contributed by atoms with van der Waals surface area (Å²) in [5.74, 6) is 0.0567. The molecule has 2 atom stereocenters. The zero-order valence-electron chi connectivity index (χ0n) is 13.7. The molecule has 2 saturated carbocycles. The monoisotopic (exact) mass is 335 g/mol. The van der Waals surface area contributed by atoms with E-state index in [0.717, 1.165) is 38.5 Å². The van der Waals surface area contributed by atoms with Crippen molar-refractivity contribution in [2.75, 3.05) is 11.9 Å². The molecule has 2 aliphatic rings. The second-order valence-electron chi connectivity index (χ2n) is 6.72. The highest BCUT2D eigenvalue weighted by atomic mass is 16.3. The Morgan fingerprint density at radius 1 is 1.25 bits per heavy atom. The van der Waals surface area contributed by atoms with Crippen LogP contribution in [0, 0.1) is 5.92 Å². The lowest BCUT2D eigenvalue weighted by Crippen LogP contribution is -2.38. The van der Waals surface area contributed by atoms with Crippen LogP contribution in [0.4, 0.5) is 10.5 Å². The van der Waals surface area contributed by atoms with Crippen LogP contribution >= 0.6 is 0 Å². The van der Waals surface area contributed by atoms with Crippen LogP contribution < -0.4 is 16.0 Å². The highest BCUT2D eigenvalue weighted by Gasteiger charge is 2.24. The van der Waals surface area contributed by atoms with Crippen molar-refractivity contribution in [3.8, 4) is 0 Å². The van der Waals surface area contributed by atoms with Crippen LogP contribution in [0.25, 0.3) is 0 Å². The third-order valence-electron chi connectivity index (χ3n) is 4.53. The smallest absolute Gasteiger partial charge is 0.319 e. The number of aliphatic hydroxyl groups excluding tert-OH is 1. The molecule has 3 amide bonds. The number of anilines is 1. The fourth-order valence-electron chi connectivity index (χ4n) is 2.99. The van der Waals surface area contributed by atoms with Crippen molar-refractivity contribution in [1.82, 2.24) is 20.4 Å². The van der Waals surface area contributed by atoms with E-state index in [0.29, 0.717) is 18.3 Å². The molecule has 2 aliphatic carbocycles. The van der Waals surface area contributed by atoms with Gasteiger partial charge in [-0.15, -0.1) is 0 Å². The zero-order valence-corrected chi connectivity index (χ0v) is 13.7. The van der Waals surface area contributed by atoms with Gasteiger partial charge in [0.1, 0.15) is 6.54 Å². The van der Waals surface area contributed by atoms with Gasteiger partial charge in [-0.05, 0) is 25.7 Å². The number of aliphatic hydroxyl groups is 1. The molecule has 132 valence electrons. The predicted octanol–water partition coefficient (Wildman–Crippen LogP) is 0.834. The SMILES string of the molecule is O=C(Cn1cc(NC(=O)NC[C@H]2CCCC[C@@H]2O)cn1)NC1CC1. The fourth-order valence-corrected chi connectivity index (χ4v) is 2.99. The van der Waals surface area contributed by atoms with Gasteiger partial charge in [-0.1, -0.05) is 12.8 Å². The van der Waals surface area contributed by atoms with Gasteiger partial charge in [0, 0.05) is 24.7 Å². The summed E-state index contributed by atoms with van der Waals surface area (Å²) in [4.78, 5) is 23.6. The number of carbonyl (C=O) groups is 2. The number of carbonyl (C=O) groups excluding carboxylic acids is 2. The molecule has 1 heterocycles. The Labute approximate surface area is 141 Å². The number of aromatic nitrogens is 2. The molecule has 3 rings (SSSR count). The Morgan fingerprint density at radius 3 is 2.79 bits per heavy atom. The Bertz CT molecular complexity index is 584. The van der Waals surface area contributed by atoms with Crippen LogP contribution in [0.1, 0.15) is 38.5 Å². The van der Waals surface area contributed by atoms with E-state index in [1.807, 2.05) is 0 Å². The summed E-state index contributed by atoms with van der Waals surface area (Å²) in [5.41, 5.74) is 0.538. The molecule has 0 unspecified atom stereocenters. The zero-order chi connectivity index (χ0) is 16.9. The molecular weight excluding hydrogens is 310 g/mol. The van der Waals surface area contributed by atoms with E-state index in [2.05, 4.69) is 21.0 Å². The first-order chi connectivity index (χ1) is 11.6. The van der Waals surface area contributed by atoms with Crippen molar-refractivity contribution in [2.45, 2.75) is 57.2 Å². The molecule has 0 saturated heterocycles. The minimum Gasteiger partial charge on any atom is -0.393 e. The van der Waals surface area contributed by atoms with E-state index in [4.69, 9.17) is 0 Å². The van der Waals surface area contributed by atoms with Gasteiger partial charge in [0.25, 0.3) is 0 Å². The molecule has 8 heteroatoms. The standard InChI is InChI=1S/C16H25N5O3/c22-14-4-2-1-3-11(14)7-17-16(24)20-13-8-18-21(9-13)10-15(23)19-12-5-6-12/h8-9,11-12,14,22H,1-7,10H2,(H,19,23)(H2,17,20,24)/t11-,14+/m1/s1. The average Bonchev–Trinajstić information content (AvgIpc) is 3.25. The quantitative estimate of drug-likeness (QED) is 0.617. The molecule has 8 nitrogen and oxygen atoms in total. The lowest BCUT2D eigenvalue weighted by Gasteiger charge is -2.27. The Kier molecular flexibility index (Phi) is 5.34. The molecule has 24 heavy (non-hydrogen) atoms. The number of nitrogens with one attached hydrogen (secondary N) is 3. The number of amides is 3. The van der Waals surface area contributed by atoms with Crippen LogP contribution in [-0.4, -0.2) is 45.5 Å². The molecular formula is C16H25N5O3. The van der Waals surface area contributed by atoms with Crippen LogP contribution in [-0.2, 0) is 11.3 Å². The van der Waals surface area contributed by atoms with Crippen LogP contribution in [0.2, 0.25) is 0 Å². The Balaban J connectivity index is 1.40. The molecule has 0 aromatic carbocycles. The highest BCUT2D eigenvalue weighted by molar-refractivity contribution is 5.88. The molecule has 0 aliphatic heterocycles. The molecule has 1 aromatic rings. The number of urea groups is 1. The van der Waals surface area contributed by atoms with Crippen molar-refractivity contribution in [2.24, 2.45) is 5.92 Å². The van der Waals surface area contributed by atoms with Gasteiger partial charge in [-0.2, -0.15) is 5.10 Å². The van der Waals surface area contributed by atoms with E-state index in [1.165, 1.54) is 10.9 Å². The van der Waals surface area contributed by atoms with E-state index >= 15 is 0 Å². The fraction of sp³-hybridized carbons (Fsp3) is 0.688. The van der Waals surface area contributed by atoms with Gasteiger partial charge in [-0.25, -0.2) is 4.79 Å². The molecule has 2 fully saturated rings. The lowest BCUT2D eigenvalue weighted by molar-refractivity contribution is -0.122. The summed E-state index contributed by atoms with van der Waals surface area (Å²) < 4.78 is 1.50. The predicted molar refractivity (Wildman–Crippen MR) is 88.4 cm³/mol. The Morgan fingerprint density at radius 2 is 2.04 bits per heavy atom. The van der Waals surface area contributed by atoms with Crippen molar-refractivity contribution in [1.29, 1.82) is 0 Å². The van der Waals surface area contributed by atoms with Gasteiger partial charge in [0.2, 0.25) is 5.91 Å². The molecule has 1 aromatic heterocycles. The summed E-state index contributed by atoms with van der Waals surface area (Å²) in [6, 6.07) is 0.00123. The van der Waals surface area contributed by atoms with Gasteiger partial charge in [0.15, 0.2) is 0 Å². The van der Waals surface area contributed by atoms with Crippen molar-refractivity contribution < 1.29 is 14.7 Å². The van der Waals surface area contributed by atoms with Crippen molar-refractivity contribution in [3.05, 3.63) is 12.4 Å². The highest BCUT2D eigenvalue weighted by Crippen LogP contribution is 2.23. The maximum Gasteiger partial charge on any atom is 0.319 e. The lowest BCUT2D eigenvalue weighted by atomic mass is 9.86. The maximum atomic E-state index is 11.9. The van der Waals surface area contributed by atoms with E-state index in [1.54, 1.807) is 6.20 Å².